The predicted octanol–water partition coefficient (Wildman–Crippen LogP) is 3.21. The zero-order valence-corrected chi connectivity index (χ0v) is 14.3. The summed E-state index contributed by atoms with van der Waals surface area (Å²) in [5, 5.41) is 2.44. The van der Waals surface area contributed by atoms with Gasteiger partial charge in [-0.2, -0.15) is 0 Å². The normalized spacial score (nSPS) is 10.5. The Bertz CT molecular complexity index is 759. The molecular weight excluding hydrogens is 345 g/mol. The van der Waals surface area contributed by atoms with Crippen LogP contribution in [0.15, 0.2) is 42.5 Å². The Morgan fingerprint density at radius 3 is 2.15 bits per heavy atom. The van der Waals surface area contributed by atoms with E-state index in [1.807, 2.05) is 6.92 Å². The molecule has 0 bridgehead atoms. The lowest BCUT2D eigenvalue weighted by molar-refractivity contribution is -0.137. The third-order valence-corrected chi connectivity index (χ3v) is 3.65. The first-order chi connectivity index (χ1) is 12.4. The standard InChI is InChI=1S/C19H19F3N2O2/c1-2-9-24(17-5-3-14(20)4-6-17)19(26)18(25)23-8-7-13-10-15(21)12-16(22)11-13/h3-6,10-12H,2,7-9H2,1H3,(H,23,25). The van der Waals surface area contributed by atoms with Crippen molar-refractivity contribution in [1.29, 1.82) is 0 Å². The number of halogens is 3. The van der Waals surface area contributed by atoms with Gasteiger partial charge in [-0.25, -0.2) is 13.2 Å². The van der Waals surface area contributed by atoms with Crippen molar-refractivity contribution in [3.63, 3.8) is 0 Å². The molecular formula is C19H19F3N2O2. The van der Waals surface area contributed by atoms with Crippen LogP contribution in [0.1, 0.15) is 18.9 Å². The first kappa shape index (κ1) is 19.5. The molecule has 0 saturated carbocycles. The van der Waals surface area contributed by atoms with E-state index >= 15 is 0 Å². The van der Waals surface area contributed by atoms with Gasteiger partial charge in [-0.05, 0) is 54.8 Å². The summed E-state index contributed by atoms with van der Waals surface area (Å²) in [7, 11) is 0. The van der Waals surface area contributed by atoms with Crippen LogP contribution in [0.4, 0.5) is 18.9 Å². The Labute approximate surface area is 149 Å². The van der Waals surface area contributed by atoms with Crippen LogP contribution in [0.25, 0.3) is 0 Å². The number of rotatable bonds is 6. The van der Waals surface area contributed by atoms with Crippen molar-refractivity contribution in [3.05, 3.63) is 65.5 Å². The molecule has 4 nitrogen and oxygen atoms in total. The van der Waals surface area contributed by atoms with E-state index in [9.17, 15) is 22.8 Å². The second-order valence-electron chi connectivity index (χ2n) is 5.72. The lowest BCUT2D eigenvalue weighted by Gasteiger charge is -2.21. The van der Waals surface area contributed by atoms with Crippen molar-refractivity contribution >= 4 is 17.5 Å². The lowest BCUT2D eigenvalue weighted by atomic mass is 10.1. The van der Waals surface area contributed by atoms with Gasteiger partial charge >= 0.3 is 11.8 Å². The van der Waals surface area contributed by atoms with Crippen LogP contribution < -0.4 is 10.2 Å². The summed E-state index contributed by atoms with van der Waals surface area (Å²) in [6.45, 7) is 2.20. The van der Waals surface area contributed by atoms with Gasteiger partial charge in [-0.15, -0.1) is 0 Å². The Balaban J connectivity index is 1.97. The van der Waals surface area contributed by atoms with Gasteiger partial charge in [-0.3, -0.25) is 9.59 Å². The van der Waals surface area contributed by atoms with Crippen LogP contribution in [-0.4, -0.2) is 24.9 Å². The summed E-state index contributed by atoms with van der Waals surface area (Å²) in [6.07, 6.45) is 0.789. The van der Waals surface area contributed by atoms with E-state index in [2.05, 4.69) is 5.32 Å². The molecule has 0 unspecified atom stereocenters. The third kappa shape index (κ3) is 5.34. The number of carbonyl (C=O) groups excluding carboxylic acids is 2. The van der Waals surface area contributed by atoms with Crippen LogP contribution in [-0.2, 0) is 16.0 Å². The number of nitrogens with one attached hydrogen (secondary N) is 1. The maximum Gasteiger partial charge on any atom is 0.316 e. The van der Waals surface area contributed by atoms with E-state index in [0.29, 0.717) is 24.2 Å². The molecule has 2 aromatic carbocycles. The first-order valence-corrected chi connectivity index (χ1v) is 8.21. The minimum atomic E-state index is -0.834. The fraction of sp³-hybridized carbons (Fsp3) is 0.263. The number of amides is 2. The molecule has 2 amide bonds. The highest BCUT2D eigenvalue weighted by Crippen LogP contribution is 2.15. The number of nitrogens with zero attached hydrogens (tertiary/aromatic N) is 1. The predicted molar refractivity (Wildman–Crippen MR) is 92.1 cm³/mol. The number of benzene rings is 2. The Morgan fingerprint density at radius 2 is 1.58 bits per heavy atom. The molecule has 0 atom stereocenters. The van der Waals surface area contributed by atoms with Gasteiger partial charge in [0.15, 0.2) is 0 Å². The number of hydrogen-bond donors (Lipinski definition) is 1. The van der Waals surface area contributed by atoms with Crippen molar-refractivity contribution in [2.45, 2.75) is 19.8 Å². The molecule has 0 spiro atoms. The first-order valence-electron chi connectivity index (χ1n) is 8.21. The molecule has 0 aliphatic heterocycles. The van der Waals surface area contributed by atoms with Crippen LogP contribution in [0.2, 0.25) is 0 Å². The van der Waals surface area contributed by atoms with E-state index in [-0.39, 0.29) is 13.0 Å². The zero-order valence-electron chi connectivity index (χ0n) is 14.3. The van der Waals surface area contributed by atoms with Crippen molar-refractivity contribution < 1.29 is 22.8 Å². The summed E-state index contributed by atoms with van der Waals surface area (Å²) < 4.78 is 39.3. The molecule has 26 heavy (non-hydrogen) atoms. The number of anilines is 1. The van der Waals surface area contributed by atoms with Crippen LogP contribution in [0.3, 0.4) is 0 Å². The highest BCUT2D eigenvalue weighted by atomic mass is 19.1. The molecule has 0 radical (unpaired) electrons. The second-order valence-corrected chi connectivity index (χ2v) is 5.72. The van der Waals surface area contributed by atoms with Crippen LogP contribution >= 0.6 is 0 Å². The zero-order chi connectivity index (χ0) is 19.1. The van der Waals surface area contributed by atoms with Crippen molar-refractivity contribution in [2.75, 3.05) is 18.0 Å². The van der Waals surface area contributed by atoms with E-state index in [1.165, 1.54) is 41.3 Å². The highest BCUT2D eigenvalue weighted by molar-refractivity contribution is 6.40. The van der Waals surface area contributed by atoms with Gasteiger partial charge in [-0.1, -0.05) is 6.92 Å². The van der Waals surface area contributed by atoms with Gasteiger partial charge < -0.3 is 10.2 Å². The third-order valence-electron chi connectivity index (χ3n) is 3.65. The number of carbonyl (C=O) groups is 2. The summed E-state index contributed by atoms with van der Waals surface area (Å²) in [4.78, 5) is 25.7. The molecule has 1 N–H and O–H groups in total. The smallest absolute Gasteiger partial charge is 0.316 e. The van der Waals surface area contributed by atoms with Gasteiger partial charge in [0.25, 0.3) is 0 Å². The van der Waals surface area contributed by atoms with Crippen LogP contribution in [0, 0.1) is 17.5 Å². The molecule has 0 aromatic heterocycles. The van der Waals surface area contributed by atoms with E-state index in [4.69, 9.17) is 0 Å². The maximum absolute atomic E-state index is 13.1. The molecule has 2 aromatic rings. The Kier molecular flexibility index (Phi) is 6.77. The molecule has 0 saturated heterocycles. The lowest BCUT2D eigenvalue weighted by Crippen LogP contribution is -2.44. The van der Waals surface area contributed by atoms with Gasteiger partial charge in [0, 0.05) is 24.8 Å². The van der Waals surface area contributed by atoms with Gasteiger partial charge in [0.1, 0.15) is 17.5 Å². The van der Waals surface area contributed by atoms with E-state index in [0.717, 1.165) is 6.07 Å². The Hall–Kier alpha value is -2.83. The monoisotopic (exact) mass is 364 g/mol. The van der Waals surface area contributed by atoms with E-state index < -0.39 is 29.3 Å². The minimum absolute atomic E-state index is 0.0524. The summed E-state index contributed by atoms with van der Waals surface area (Å²) in [5.74, 6) is -3.45. The number of hydrogen-bond acceptors (Lipinski definition) is 2. The SMILES string of the molecule is CCCN(C(=O)C(=O)NCCc1cc(F)cc(F)c1)c1ccc(F)cc1. The van der Waals surface area contributed by atoms with E-state index in [1.54, 1.807) is 0 Å². The van der Waals surface area contributed by atoms with Gasteiger partial charge in [0.05, 0.1) is 0 Å². The average molecular weight is 364 g/mol. The minimum Gasteiger partial charge on any atom is -0.347 e. The molecule has 0 heterocycles. The topological polar surface area (TPSA) is 49.4 Å². The molecule has 0 aliphatic rings. The fourth-order valence-corrected chi connectivity index (χ4v) is 2.47. The summed E-state index contributed by atoms with van der Waals surface area (Å²) in [5.41, 5.74) is 0.791. The van der Waals surface area contributed by atoms with Crippen molar-refractivity contribution in [1.82, 2.24) is 5.32 Å². The molecule has 7 heteroatoms. The van der Waals surface area contributed by atoms with Crippen LogP contribution in [0.5, 0.6) is 0 Å². The van der Waals surface area contributed by atoms with Gasteiger partial charge in [0.2, 0.25) is 0 Å². The largest absolute Gasteiger partial charge is 0.347 e. The van der Waals surface area contributed by atoms with Crippen molar-refractivity contribution in [2.24, 2.45) is 0 Å². The molecule has 0 aliphatic carbocycles. The average Bonchev–Trinajstić information content (AvgIpc) is 2.59. The molecule has 138 valence electrons. The molecule has 0 fully saturated rings. The maximum atomic E-state index is 13.1. The van der Waals surface area contributed by atoms with Crippen molar-refractivity contribution in [3.8, 4) is 0 Å². The molecule has 2 rings (SSSR count). The summed E-state index contributed by atoms with van der Waals surface area (Å²) >= 11 is 0. The Morgan fingerprint density at radius 1 is 0.962 bits per heavy atom. The fourth-order valence-electron chi connectivity index (χ4n) is 2.47. The second kappa shape index (κ2) is 9.03. The highest BCUT2D eigenvalue weighted by Gasteiger charge is 2.22. The summed E-state index contributed by atoms with van der Waals surface area (Å²) in [6, 6.07) is 8.36. The quantitative estimate of drug-likeness (QED) is 0.801.